The standard InChI is InChI=1S/C19H23N3O5S/c1-4-11-20-19(24)15-7-5-6-8-16(15)22-28(25,26)14-9-10-17(21-13(2)23)18(12-14)27-3/h5-10,12,22H,4,11H2,1-3H3,(H,20,24)(H,21,23). The number of sulfonamides is 1. The van der Waals surface area contributed by atoms with E-state index in [-0.39, 0.29) is 33.7 Å². The van der Waals surface area contributed by atoms with Crippen LogP contribution in [0.3, 0.4) is 0 Å². The molecule has 0 fully saturated rings. The quantitative estimate of drug-likeness (QED) is 0.625. The number of amides is 2. The molecule has 0 spiro atoms. The first-order chi connectivity index (χ1) is 13.3. The molecule has 2 amide bonds. The van der Waals surface area contributed by atoms with Gasteiger partial charge in [0.25, 0.3) is 15.9 Å². The Labute approximate surface area is 164 Å². The van der Waals surface area contributed by atoms with E-state index >= 15 is 0 Å². The Morgan fingerprint density at radius 3 is 2.43 bits per heavy atom. The average Bonchev–Trinajstić information content (AvgIpc) is 2.66. The van der Waals surface area contributed by atoms with Gasteiger partial charge in [0.15, 0.2) is 0 Å². The number of para-hydroxylation sites is 1. The van der Waals surface area contributed by atoms with E-state index in [9.17, 15) is 18.0 Å². The maximum atomic E-state index is 12.8. The number of carbonyl (C=O) groups excluding carboxylic acids is 2. The van der Waals surface area contributed by atoms with Crippen LogP contribution >= 0.6 is 0 Å². The van der Waals surface area contributed by atoms with E-state index in [2.05, 4.69) is 15.4 Å². The van der Waals surface area contributed by atoms with Crippen LogP contribution in [0.2, 0.25) is 0 Å². The van der Waals surface area contributed by atoms with Crippen LogP contribution in [-0.4, -0.2) is 33.9 Å². The predicted molar refractivity (Wildman–Crippen MR) is 107 cm³/mol. The SMILES string of the molecule is CCCNC(=O)c1ccccc1NS(=O)(=O)c1ccc(NC(C)=O)c(OC)c1. The van der Waals surface area contributed by atoms with Crippen LogP contribution in [0.4, 0.5) is 11.4 Å². The highest BCUT2D eigenvalue weighted by Crippen LogP contribution is 2.29. The van der Waals surface area contributed by atoms with Crippen LogP contribution in [0.5, 0.6) is 5.75 Å². The molecule has 28 heavy (non-hydrogen) atoms. The van der Waals surface area contributed by atoms with Gasteiger partial charge in [-0.15, -0.1) is 0 Å². The Morgan fingerprint density at radius 2 is 1.79 bits per heavy atom. The van der Waals surface area contributed by atoms with Crippen molar-refractivity contribution in [3.63, 3.8) is 0 Å². The molecule has 0 aliphatic carbocycles. The zero-order valence-electron chi connectivity index (χ0n) is 15.9. The summed E-state index contributed by atoms with van der Waals surface area (Å²) < 4.78 is 33.2. The number of hydrogen-bond donors (Lipinski definition) is 3. The molecule has 150 valence electrons. The Kier molecular flexibility index (Phi) is 7.00. The molecule has 0 bridgehead atoms. The lowest BCUT2D eigenvalue weighted by Gasteiger charge is -2.14. The number of benzene rings is 2. The Hall–Kier alpha value is -3.07. The minimum atomic E-state index is -3.99. The molecule has 2 aromatic rings. The first-order valence-corrected chi connectivity index (χ1v) is 10.1. The molecule has 0 aliphatic heterocycles. The normalized spacial score (nSPS) is 10.8. The summed E-state index contributed by atoms with van der Waals surface area (Å²) in [4.78, 5) is 23.5. The zero-order chi connectivity index (χ0) is 20.7. The summed E-state index contributed by atoms with van der Waals surface area (Å²) in [5.41, 5.74) is 0.746. The number of nitrogens with one attached hydrogen (secondary N) is 3. The van der Waals surface area contributed by atoms with Gasteiger partial charge in [0.05, 0.1) is 28.9 Å². The van der Waals surface area contributed by atoms with Crippen molar-refractivity contribution in [2.24, 2.45) is 0 Å². The minimum Gasteiger partial charge on any atom is -0.495 e. The Balaban J connectivity index is 2.34. The Morgan fingerprint density at radius 1 is 1.07 bits per heavy atom. The van der Waals surface area contributed by atoms with Crippen molar-refractivity contribution in [3.8, 4) is 5.75 Å². The maximum Gasteiger partial charge on any atom is 0.262 e. The molecule has 0 heterocycles. The summed E-state index contributed by atoms with van der Waals surface area (Å²) in [6, 6.07) is 10.4. The molecule has 2 rings (SSSR count). The molecule has 0 saturated carbocycles. The highest BCUT2D eigenvalue weighted by Gasteiger charge is 2.20. The van der Waals surface area contributed by atoms with E-state index < -0.39 is 10.0 Å². The average molecular weight is 405 g/mol. The predicted octanol–water partition coefficient (Wildman–Crippen LogP) is 2.59. The van der Waals surface area contributed by atoms with Crippen molar-refractivity contribution in [3.05, 3.63) is 48.0 Å². The fourth-order valence-corrected chi connectivity index (χ4v) is 3.53. The van der Waals surface area contributed by atoms with Crippen LogP contribution in [-0.2, 0) is 14.8 Å². The maximum absolute atomic E-state index is 12.8. The third-order valence-electron chi connectivity index (χ3n) is 3.75. The topological polar surface area (TPSA) is 114 Å². The monoisotopic (exact) mass is 405 g/mol. The zero-order valence-corrected chi connectivity index (χ0v) is 16.7. The summed E-state index contributed by atoms with van der Waals surface area (Å²) in [5, 5.41) is 5.29. The fourth-order valence-electron chi connectivity index (χ4n) is 2.44. The lowest BCUT2D eigenvalue weighted by Crippen LogP contribution is -2.25. The largest absolute Gasteiger partial charge is 0.495 e. The van der Waals surface area contributed by atoms with E-state index in [0.717, 1.165) is 6.42 Å². The highest BCUT2D eigenvalue weighted by atomic mass is 32.2. The van der Waals surface area contributed by atoms with Gasteiger partial charge in [0, 0.05) is 19.5 Å². The van der Waals surface area contributed by atoms with Crippen molar-refractivity contribution in [2.45, 2.75) is 25.2 Å². The van der Waals surface area contributed by atoms with Crippen molar-refractivity contribution >= 4 is 33.2 Å². The summed E-state index contributed by atoms with van der Waals surface area (Å²) >= 11 is 0. The molecule has 0 aliphatic rings. The number of rotatable bonds is 8. The summed E-state index contributed by atoms with van der Waals surface area (Å²) in [6.45, 7) is 3.75. The number of carbonyl (C=O) groups is 2. The second kappa shape index (κ2) is 9.23. The molecule has 0 aromatic heterocycles. The molecule has 0 unspecified atom stereocenters. The van der Waals surface area contributed by atoms with Crippen LogP contribution in [0, 0.1) is 0 Å². The van der Waals surface area contributed by atoms with Gasteiger partial charge in [-0.2, -0.15) is 0 Å². The van der Waals surface area contributed by atoms with Gasteiger partial charge in [-0.25, -0.2) is 8.42 Å². The first kappa shape index (κ1) is 21.2. The second-order valence-electron chi connectivity index (χ2n) is 5.95. The van der Waals surface area contributed by atoms with E-state index in [1.165, 1.54) is 38.3 Å². The Bertz CT molecular complexity index is 973. The van der Waals surface area contributed by atoms with Crippen molar-refractivity contribution in [2.75, 3.05) is 23.7 Å². The van der Waals surface area contributed by atoms with Gasteiger partial charge in [0.1, 0.15) is 5.75 Å². The smallest absolute Gasteiger partial charge is 0.262 e. The molecular formula is C19H23N3O5S. The van der Waals surface area contributed by atoms with Crippen LogP contribution < -0.4 is 20.1 Å². The van der Waals surface area contributed by atoms with Crippen molar-refractivity contribution in [1.29, 1.82) is 0 Å². The van der Waals surface area contributed by atoms with Crippen LogP contribution in [0.1, 0.15) is 30.6 Å². The third-order valence-corrected chi connectivity index (χ3v) is 5.11. The van der Waals surface area contributed by atoms with Gasteiger partial charge in [-0.1, -0.05) is 19.1 Å². The molecule has 0 radical (unpaired) electrons. The molecule has 3 N–H and O–H groups in total. The minimum absolute atomic E-state index is 0.0674. The van der Waals surface area contributed by atoms with Crippen molar-refractivity contribution in [1.82, 2.24) is 5.32 Å². The van der Waals surface area contributed by atoms with Gasteiger partial charge >= 0.3 is 0 Å². The third kappa shape index (κ3) is 5.23. The van der Waals surface area contributed by atoms with Crippen molar-refractivity contribution < 1.29 is 22.7 Å². The lowest BCUT2D eigenvalue weighted by atomic mass is 10.1. The number of anilines is 2. The fraction of sp³-hybridized carbons (Fsp3) is 0.263. The summed E-state index contributed by atoms with van der Waals surface area (Å²) in [7, 11) is -2.62. The number of methoxy groups -OCH3 is 1. The first-order valence-electron chi connectivity index (χ1n) is 8.64. The van der Waals surface area contributed by atoms with Gasteiger partial charge in [0.2, 0.25) is 5.91 Å². The van der Waals surface area contributed by atoms with Crippen LogP contribution in [0.25, 0.3) is 0 Å². The summed E-state index contributed by atoms with van der Waals surface area (Å²) in [6.07, 6.45) is 0.764. The molecule has 9 heteroatoms. The van der Waals surface area contributed by atoms with Gasteiger partial charge < -0.3 is 15.4 Å². The molecule has 2 aromatic carbocycles. The number of ether oxygens (including phenoxy) is 1. The van der Waals surface area contributed by atoms with E-state index in [0.29, 0.717) is 12.2 Å². The van der Waals surface area contributed by atoms with Gasteiger partial charge in [-0.3, -0.25) is 14.3 Å². The molecular weight excluding hydrogens is 382 g/mol. The van der Waals surface area contributed by atoms with Gasteiger partial charge in [-0.05, 0) is 30.7 Å². The summed E-state index contributed by atoms with van der Waals surface area (Å²) in [5.74, 6) is -0.468. The van der Waals surface area contributed by atoms with E-state index in [4.69, 9.17) is 4.74 Å². The highest BCUT2D eigenvalue weighted by molar-refractivity contribution is 7.92. The second-order valence-corrected chi connectivity index (χ2v) is 7.63. The van der Waals surface area contributed by atoms with E-state index in [1.807, 2.05) is 6.92 Å². The molecule has 0 atom stereocenters. The lowest BCUT2D eigenvalue weighted by molar-refractivity contribution is -0.114. The molecule has 8 nitrogen and oxygen atoms in total. The van der Waals surface area contributed by atoms with Crippen LogP contribution in [0.15, 0.2) is 47.4 Å². The molecule has 0 saturated heterocycles. The number of hydrogen-bond acceptors (Lipinski definition) is 5. The van der Waals surface area contributed by atoms with E-state index in [1.54, 1.807) is 18.2 Å².